The predicted octanol–water partition coefficient (Wildman–Crippen LogP) is 1.81. The standard InChI is InChI=1S/C11H11N3/c1-8-13-10-5-3-2-4-9(10)11-12-6-7-14(8)11/h2-5H,6-7H2,1H3. The Morgan fingerprint density at radius 2 is 2.14 bits per heavy atom. The maximum Gasteiger partial charge on any atom is 0.138 e. The van der Waals surface area contributed by atoms with Crippen molar-refractivity contribution in [1.29, 1.82) is 0 Å². The molecular weight excluding hydrogens is 174 g/mol. The third-order valence-electron chi connectivity index (χ3n) is 2.66. The van der Waals surface area contributed by atoms with Gasteiger partial charge >= 0.3 is 0 Å². The number of hydrogen-bond donors (Lipinski definition) is 0. The molecule has 0 radical (unpaired) electrons. The molecule has 70 valence electrons. The summed E-state index contributed by atoms with van der Waals surface area (Å²) in [5.41, 5.74) is 2.21. The molecule has 2 aliphatic heterocycles. The molecule has 0 aliphatic carbocycles. The number of nitrogens with zero attached hydrogens (tertiary/aromatic N) is 3. The lowest BCUT2D eigenvalue weighted by Gasteiger charge is -2.25. The summed E-state index contributed by atoms with van der Waals surface area (Å²) in [6, 6.07) is 8.17. The minimum absolute atomic E-state index is 0.885. The zero-order valence-electron chi connectivity index (χ0n) is 8.07. The molecule has 0 N–H and O–H groups in total. The lowest BCUT2D eigenvalue weighted by atomic mass is 10.1. The first kappa shape index (κ1) is 7.74. The van der Waals surface area contributed by atoms with Crippen molar-refractivity contribution in [2.75, 3.05) is 13.1 Å². The molecule has 0 aromatic heterocycles. The van der Waals surface area contributed by atoms with E-state index >= 15 is 0 Å². The average Bonchev–Trinajstić information content (AvgIpc) is 2.67. The quantitative estimate of drug-likeness (QED) is 0.605. The molecule has 0 saturated carbocycles. The SMILES string of the molecule is CC1=Nc2ccccc2C2=NCCN12. The molecule has 1 aromatic carbocycles. The van der Waals surface area contributed by atoms with Gasteiger partial charge in [-0.3, -0.25) is 4.99 Å². The van der Waals surface area contributed by atoms with E-state index < -0.39 is 0 Å². The molecule has 0 saturated heterocycles. The molecule has 14 heavy (non-hydrogen) atoms. The summed E-state index contributed by atoms with van der Waals surface area (Å²) >= 11 is 0. The molecule has 0 amide bonds. The van der Waals surface area contributed by atoms with Gasteiger partial charge in [-0.1, -0.05) is 12.1 Å². The van der Waals surface area contributed by atoms with E-state index in [9.17, 15) is 0 Å². The second kappa shape index (κ2) is 2.67. The second-order valence-corrected chi connectivity index (χ2v) is 3.53. The first-order valence-electron chi connectivity index (χ1n) is 4.83. The van der Waals surface area contributed by atoms with Crippen LogP contribution in [-0.2, 0) is 0 Å². The van der Waals surface area contributed by atoms with Gasteiger partial charge in [0.15, 0.2) is 0 Å². The molecule has 0 unspecified atom stereocenters. The van der Waals surface area contributed by atoms with E-state index in [4.69, 9.17) is 0 Å². The number of amidine groups is 2. The Hall–Kier alpha value is -1.64. The van der Waals surface area contributed by atoms with E-state index in [0.717, 1.165) is 36.0 Å². The molecule has 0 bridgehead atoms. The number of rotatable bonds is 0. The van der Waals surface area contributed by atoms with Gasteiger partial charge in [0.2, 0.25) is 0 Å². The van der Waals surface area contributed by atoms with Crippen molar-refractivity contribution >= 4 is 17.4 Å². The summed E-state index contributed by atoms with van der Waals surface area (Å²) in [7, 11) is 0. The van der Waals surface area contributed by atoms with Crippen molar-refractivity contribution in [2.24, 2.45) is 9.98 Å². The van der Waals surface area contributed by atoms with E-state index in [2.05, 4.69) is 21.0 Å². The third-order valence-corrected chi connectivity index (χ3v) is 2.66. The van der Waals surface area contributed by atoms with E-state index in [1.54, 1.807) is 0 Å². The summed E-state index contributed by atoms with van der Waals surface area (Å²) in [5.74, 6) is 2.15. The van der Waals surface area contributed by atoms with Crippen LogP contribution in [0.2, 0.25) is 0 Å². The Kier molecular flexibility index (Phi) is 1.48. The van der Waals surface area contributed by atoms with E-state index in [-0.39, 0.29) is 0 Å². The van der Waals surface area contributed by atoms with Crippen LogP contribution in [0, 0.1) is 0 Å². The van der Waals surface area contributed by atoms with Gasteiger partial charge in [-0.05, 0) is 19.1 Å². The van der Waals surface area contributed by atoms with E-state index in [1.165, 1.54) is 0 Å². The minimum Gasteiger partial charge on any atom is -0.313 e. The highest BCUT2D eigenvalue weighted by Gasteiger charge is 2.26. The number of aliphatic imine (C=N–C) groups is 2. The highest BCUT2D eigenvalue weighted by Crippen LogP contribution is 2.27. The number of para-hydroxylation sites is 1. The van der Waals surface area contributed by atoms with Gasteiger partial charge in [0.1, 0.15) is 11.7 Å². The molecule has 3 nitrogen and oxygen atoms in total. The van der Waals surface area contributed by atoms with Crippen molar-refractivity contribution in [3.8, 4) is 0 Å². The van der Waals surface area contributed by atoms with Gasteiger partial charge in [-0.2, -0.15) is 0 Å². The van der Waals surface area contributed by atoms with Crippen molar-refractivity contribution in [3.63, 3.8) is 0 Å². The van der Waals surface area contributed by atoms with Gasteiger partial charge in [-0.15, -0.1) is 0 Å². The molecule has 1 aromatic rings. The van der Waals surface area contributed by atoms with Crippen LogP contribution in [0.4, 0.5) is 5.69 Å². The van der Waals surface area contributed by atoms with Gasteiger partial charge < -0.3 is 4.90 Å². The smallest absolute Gasteiger partial charge is 0.138 e. The van der Waals surface area contributed by atoms with Crippen molar-refractivity contribution in [2.45, 2.75) is 6.92 Å². The fourth-order valence-corrected chi connectivity index (χ4v) is 1.99. The molecule has 0 fully saturated rings. The second-order valence-electron chi connectivity index (χ2n) is 3.53. The number of hydrogen-bond acceptors (Lipinski definition) is 3. The van der Waals surface area contributed by atoms with Gasteiger partial charge in [0.25, 0.3) is 0 Å². The zero-order valence-corrected chi connectivity index (χ0v) is 8.07. The first-order chi connectivity index (χ1) is 6.86. The van der Waals surface area contributed by atoms with E-state index in [1.807, 2.05) is 25.1 Å². The Labute approximate surface area is 82.8 Å². The van der Waals surface area contributed by atoms with Crippen LogP contribution in [0.25, 0.3) is 0 Å². The third kappa shape index (κ3) is 0.923. The van der Waals surface area contributed by atoms with Crippen LogP contribution in [-0.4, -0.2) is 29.7 Å². The van der Waals surface area contributed by atoms with Gasteiger partial charge in [0.05, 0.1) is 12.2 Å². The topological polar surface area (TPSA) is 28.0 Å². The normalized spacial score (nSPS) is 18.5. The van der Waals surface area contributed by atoms with Gasteiger partial charge in [-0.25, -0.2) is 4.99 Å². The minimum atomic E-state index is 0.885. The molecule has 3 heteroatoms. The fraction of sp³-hybridized carbons (Fsp3) is 0.273. The van der Waals surface area contributed by atoms with Crippen molar-refractivity contribution in [3.05, 3.63) is 29.8 Å². The first-order valence-corrected chi connectivity index (χ1v) is 4.83. The zero-order chi connectivity index (χ0) is 9.54. The van der Waals surface area contributed by atoms with Crippen LogP contribution in [0.15, 0.2) is 34.3 Å². The van der Waals surface area contributed by atoms with Crippen LogP contribution >= 0.6 is 0 Å². The molecule has 3 rings (SSSR count). The number of fused-ring (bicyclic) bond motifs is 3. The maximum atomic E-state index is 4.55. The molecule has 0 atom stereocenters. The summed E-state index contributed by atoms with van der Waals surface area (Å²) in [6.45, 7) is 3.90. The van der Waals surface area contributed by atoms with Crippen LogP contribution in [0.1, 0.15) is 12.5 Å². The Morgan fingerprint density at radius 3 is 3.07 bits per heavy atom. The van der Waals surface area contributed by atoms with Crippen molar-refractivity contribution in [1.82, 2.24) is 4.90 Å². The highest BCUT2D eigenvalue weighted by molar-refractivity contribution is 6.15. The van der Waals surface area contributed by atoms with Crippen molar-refractivity contribution < 1.29 is 0 Å². The fourth-order valence-electron chi connectivity index (χ4n) is 1.99. The van der Waals surface area contributed by atoms with E-state index in [0.29, 0.717) is 0 Å². The van der Waals surface area contributed by atoms with Crippen LogP contribution < -0.4 is 0 Å². The molecule has 2 aliphatic rings. The van der Waals surface area contributed by atoms with Crippen LogP contribution in [0.3, 0.4) is 0 Å². The molecular formula is C11H11N3. The lowest BCUT2D eigenvalue weighted by Crippen LogP contribution is -2.35. The summed E-state index contributed by atoms with van der Waals surface area (Å²) in [4.78, 5) is 11.2. The Morgan fingerprint density at radius 1 is 1.29 bits per heavy atom. The maximum absolute atomic E-state index is 4.55. The van der Waals surface area contributed by atoms with Crippen LogP contribution in [0.5, 0.6) is 0 Å². The highest BCUT2D eigenvalue weighted by atomic mass is 15.3. The van der Waals surface area contributed by atoms with Gasteiger partial charge in [0, 0.05) is 12.1 Å². The summed E-state index contributed by atoms with van der Waals surface area (Å²) in [6.07, 6.45) is 0. The largest absolute Gasteiger partial charge is 0.313 e. The molecule has 0 spiro atoms. The predicted molar refractivity (Wildman–Crippen MR) is 57.3 cm³/mol. The lowest BCUT2D eigenvalue weighted by molar-refractivity contribution is 0.658. The summed E-state index contributed by atoms with van der Waals surface area (Å²) in [5, 5.41) is 0. The Balaban J connectivity index is 2.25. The number of benzene rings is 1. The average molecular weight is 185 g/mol. The Bertz CT molecular complexity index is 446. The molecule has 2 heterocycles. The monoisotopic (exact) mass is 185 g/mol. The summed E-state index contributed by atoms with van der Waals surface area (Å²) < 4.78 is 0.